The van der Waals surface area contributed by atoms with Crippen LogP contribution in [0.1, 0.15) is 13.3 Å². The Balaban J connectivity index is 2.45. The molecule has 0 radical (unpaired) electrons. The van der Waals surface area contributed by atoms with Gasteiger partial charge in [-0.05, 0) is 38.6 Å². The number of benzene rings is 1. The van der Waals surface area contributed by atoms with Crippen LogP contribution in [0.15, 0.2) is 29.2 Å². The summed E-state index contributed by atoms with van der Waals surface area (Å²) in [5.74, 6) is 0.155. The number of carbonyl (C=O) groups is 1. The van der Waals surface area contributed by atoms with Gasteiger partial charge in [-0.2, -0.15) is 0 Å². The van der Waals surface area contributed by atoms with Crippen LogP contribution < -0.4 is 10.5 Å². The number of primary amides is 1. The van der Waals surface area contributed by atoms with Gasteiger partial charge < -0.3 is 10.5 Å². The molecule has 2 N–H and O–H groups in total. The minimum Gasteiger partial charge on any atom is -0.494 e. The van der Waals surface area contributed by atoms with Crippen LogP contribution in [0.4, 0.5) is 0 Å². The summed E-state index contributed by atoms with van der Waals surface area (Å²) < 4.78 is 28.4. The third-order valence-corrected chi connectivity index (χ3v) is 4.34. The van der Waals surface area contributed by atoms with Crippen LogP contribution in [0.5, 0.6) is 5.75 Å². The van der Waals surface area contributed by atoms with Crippen molar-refractivity contribution in [1.29, 1.82) is 0 Å². The van der Waals surface area contributed by atoms with Crippen molar-refractivity contribution in [2.75, 3.05) is 26.5 Å². The summed E-state index contributed by atoms with van der Waals surface area (Å²) >= 11 is 0. The second-order valence-electron chi connectivity index (χ2n) is 5.01. The Morgan fingerprint density at radius 3 is 2.67 bits per heavy atom. The van der Waals surface area contributed by atoms with Crippen molar-refractivity contribution in [1.82, 2.24) is 4.90 Å². The highest BCUT2D eigenvalue weighted by Gasteiger charge is 2.14. The zero-order valence-corrected chi connectivity index (χ0v) is 13.4. The zero-order chi connectivity index (χ0) is 16.0. The normalized spacial score (nSPS) is 13.1. The van der Waals surface area contributed by atoms with Gasteiger partial charge in [0.1, 0.15) is 5.75 Å². The van der Waals surface area contributed by atoms with E-state index in [1.807, 2.05) is 11.9 Å². The van der Waals surface area contributed by atoms with E-state index in [1.165, 1.54) is 12.1 Å². The smallest absolute Gasteiger partial charge is 0.234 e. The first-order valence-electron chi connectivity index (χ1n) is 6.64. The maximum Gasteiger partial charge on any atom is 0.234 e. The highest BCUT2D eigenvalue weighted by molar-refractivity contribution is 7.90. The summed E-state index contributed by atoms with van der Waals surface area (Å²) in [4.78, 5) is 13.1. The Hall–Kier alpha value is -1.60. The summed E-state index contributed by atoms with van der Waals surface area (Å²) in [7, 11) is -1.41. The van der Waals surface area contributed by atoms with Gasteiger partial charge in [0, 0.05) is 12.8 Å². The summed E-state index contributed by atoms with van der Waals surface area (Å²) in [6, 6.07) is 6.08. The Labute approximate surface area is 125 Å². The molecule has 1 amide bonds. The van der Waals surface area contributed by atoms with Crippen molar-refractivity contribution < 1.29 is 17.9 Å². The Morgan fingerprint density at radius 2 is 2.10 bits per heavy atom. The lowest BCUT2D eigenvalue weighted by molar-refractivity contribution is -0.122. The van der Waals surface area contributed by atoms with E-state index in [0.717, 1.165) is 6.26 Å². The van der Waals surface area contributed by atoms with Gasteiger partial charge in [-0.25, -0.2) is 8.42 Å². The molecule has 0 spiro atoms. The molecule has 0 bridgehead atoms. The molecule has 1 rings (SSSR count). The number of ether oxygens (including phenoxy) is 1. The maximum atomic E-state index is 11.4. The SMILES string of the molecule is CC(C(N)=O)N(C)CCCOc1cccc(S(C)(=O)=O)c1. The molecule has 0 fully saturated rings. The Bertz CT molecular complexity index is 586. The molecule has 0 heterocycles. The molecule has 118 valence electrons. The quantitative estimate of drug-likeness (QED) is 0.712. The number of nitrogens with zero attached hydrogens (tertiary/aromatic N) is 1. The number of hydrogen-bond donors (Lipinski definition) is 1. The minimum absolute atomic E-state index is 0.236. The summed E-state index contributed by atoms with van der Waals surface area (Å²) in [6.45, 7) is 2.84. The van der Waals surface area contributed by atoms with E-state index < -0.39 is 9.84 Å². The largest absolute Gasteiger partial charge is 0.494 e. The number of carbonyl (C=O) groups excluding carboxylic acids is 1. The predicted octanol–water partition coefficient (Wildman–Crippen LogP) is 0.665. The van der Waals surface area contributed by atoms with Crippen LogP contribution in [0.2, 0.25) is 0 Å². The van der Waals surface area contributed by atoms with Crippen LogP contribution in [0.3, 0.4) is 0 Å². The first-order valence-corrected chi connectivity index (χ1v) is 8.53. The molecule has 0 saturated carbocycles. The van der Waals surface area contributed by atoms with Gasteiger partial charge in [-0.1, -0.05) is 6.07 Å². The molecule has 7 heteroatoms. The molecule has 1 aromatic rings. The molecule has 1 unspecified atom stereocenters. The van der Waals surface area contributed by atoms with Gasteiger partial charge in [0.25, 0.3) is 0 Å². The lowest BCUT2D eigenvalue weighted by Gasteiger charge is -2.21. The van der Waals surface area contributed by atoms with Crippen LogP contribution in [-0.4, -0.2) is 51.7 Å². The van der Waals surface area contributed by atoms with E-state index >= 15 is 0 Å². The van der Waals surface area contributed by atoms with Crippen molar-refractivity contribution in [2.24, 2.45) is 5.73 Å². The van der Waals surface area contributed by atoms with E-state index in [9.17, 15) is 13.2 Å². The number of rotatable bonds is 8. The molecular weight excluding hydrogens is 292 g/mol. The monoisotopic (exact) mass is 314 g/mol. The number of hydrogen-bond acceptors (Lipinski definition) is 5. The summed E-state index contributed by atoms with van der Waals surface area (Å²) in [5, 5.41) is 0. The average molecular weight is 314 g/mol. The fourth-order valence-electron chi connectivity index (χ4n) is 1.71. The molecule has 21 heavy (non-hydrogen) atoms. The van der Waals surface area contributed by atoms with Gasteiger partial charge in [-0.15, -0.1) is 0 Å². The van der Waals surface area contributed by atoms with Crippen molar-refractivity contribution in [3.63, 3.8) is 0 Å². The molecular formula is C14H22N2O4S. The lowest BCUT2D eigenvalue weighted by atomic mass is 10.2. The maximum absolute atomic E-state index is 11.4. The van der Waals surface area contributed by atoms with Gasteiger partial charge in [0.05, 0.1) is 17.5 Å². The van der Waals surface area contributed by atoms with Crippen molar-refractivity contribution >= 4 is 15.7 Å². The summed E-state index contributed by atoms with van der Waals surface area (Å²) in [5.41, 5.74) is 5.22. The molecule has 0 aliphatic heterocycles. The topological polar surface area (TPSA) is 89.7 Å². The van der Waals surface area contributed by atoms with E-state index in [2.05, 4.69) is 0 Å². The predicted molar refractivity (Wildman–Crippen MR) is 81.0 cm³/mol. The number of likely N-dealkylation sites (N-methyl/N-ethyl adjacent to an activating group) is 1. The van der Waals surface area contributed by atoms with Crippen molar-refractivity contribution in [2.45, 2.75) is 24.3 Å². The number of sulfone groups is 1. The second-order valence-corrected chi connectivity index (χ2v) is 7.02. The zero-order valence-electron chi connectivity index (χ0n) is 12.6. The first-order chi connectivity index (χ1) is 9.71. The lowest BCUT2D eigenvalue weighted by Crippen LogP contribution is -2.40. The van der Waals surface area contributed by atoms with E-state index in [4.69, 9.17) is 10.5 Å². The van der Waals surface area contributed by atoms with Crippen LogP contribution in [0.25, 0.3) is 0 Å². The molecule has 0 aliphatic rings. The average Bonchev–Trinajstić information content (AvgIpc) is 2.41. The van der Waals surface area contributed by atoms with Crippen LogP contribution in [-0.2, 0) is 14.6 Å². The highest BCUT2D eigenvalue weighted by atomic mass is 32.2. The first kappa shape index (κ1) is 17.5. The molecule has 1 aromatic carbocycles. The third kappa shape index (κ3) is 5.73. The van der Waals surface area contributed by atoms with Crippen LogP contribution >= 0.6 is 0 Å². The fraction of sp³-hybridized carbons (Fsp3) is 0.500. The fourth-order valence-corrected chi connectivity index (χ4v) is 2.37. The number of amides is 1. The molecule has 0 aromatic heterocycles. The van der Waals surface area contributed by atoms with E-state index in [0.29, 0.717) is 25.3 Å². The second kappa shape index (κ2) is 7.42. The van der Waals surface area contributed by atoms with Gasteiger partial charge in [0.15, 0.2) is 9.84 Å². The van der Waals surface area contributed by atoms with Crippen molar-refractivity contribution in [3.8, 4) is 5.75 Å². The minimum atomic E-state index is -3.23. The molecule has 0 saturated heterocycles. The Morgan fingerprint density at radius 1 is 1.43 bits per heavy atom. The third-order valence-electron chi connectivity index (χ3n) is 3.23. The highest BCUT2D eigenvalue weighted by Crippen LogP contribution is 2.17. The molecule has 0 aliphatic carbocycles. The van der Waals surface area contributed by atoms with E-state index in [1.54, 1.807) is 19.1 Å². The Kier molecular flexibility index (Phi) is 6.17. The van der Waals surface area contributed by atoms with E-state index in [-0.39, 0.29) is 16.8 Å². The molecule has 6 nitrogen and oxygen atoms in total. The van der Waals surface area contributed by atoms with Gasteiger partial charge in [0.2, 0.25) is 5.91 Å². The van der Waals surface area contributed by atoms with Crippen molar-refractivity contribution in [3.05, 3.63) is 24.3 Å². The summed E-state index contributed by atoms with van der Waals surface area (Å²) in [6.07, 6.45) is 1.86. The van der Waals surface area contributed by atoms with Gasteiger partial charge >= 0.3 is 0 Å². The van der Waals surface area contributed by atoms with Gasteiger partial charge in [-0.3, -0.25) is 9.69 Å². The van der Waals surface area contributed by atoms with Crippen LogP contribution in [0, 0.1) is 0 Å². The standard InChI is InChI=1S/C14H22N2O4S/c1-11(14(15)17)16(2)8-5-9-20-12-6-4-7-13(10-12)21(3,18)19/h4,6-7,10-11H,5,8-9H2,1-3H3,(H2,15,17). The molecule has 1 atom stereocenters. The number of nitrogens with two attached hydrogens (primary N) is 1.